The first-order chi connectivity index (χ1) is 10.9. The summed E-state index contributed by atoms with van der Waals surface area (Å²) in [6.45, 7) is 10.1. The molecule has 2 heteroatoms. The summed E-state index contributed by atoms with van der Waals surface area (Å²) in [5.41, 5.74) is 5.26. The fraction of sp³-hybridized carbons (Fsp3) is 0.429. The maximum Gasteiger partial charge on any atom is 0.121 e. The van der Waals surface area contributed by atoms with E-state index in [-0.39, 0.29) is 0 Å². The first-order valence-corrected chi connectivity index (χ1v) is 8.47. The molecule has 23 heavy (non-hydrogen) atoms. The Balaban J connectivity index is 0.000000238. The van der Waals surface area contributed by atoms with Gasteiger partial charge < -0.3 is 10.2 Å². The molecule has 2 nitrogen and oxygen atoms in total. The van der Waals surface area contributed by atoms with Crippen LogP contribution in [0.3, 0.4) is 0 Å². The molecule has 2 N–H and O–H groups in total. The van der Waals surface area contributed by atoms with Crippen molar-refractivity contribution in [1.82, 2.24) is 0 Å². The van der Waals surface area contributed by atoms with Gasteiger partial charge in [0, 0.05) is 0 Å². The molecule has 2 aromatic carbocycles. The zero-order valence-corrected chi connectivity index (χ0v) is 15.1. The Morgan fingerprint density at radius 2 is 1.17 bits per heavy atom. The highest BCUT2D eigenvalue weighted by Crippen LogP contribution is 2.25. The number of para-hydroxylation sites is 1. The smallest absolute Gasteiger partial charge is 0.121 e. The molecule has 0 unspecified atom stereocenters. The van der Waals surface area contributed by atoms with Gasteiger partial charge in [0.1, 0.15) is 11.5 Å². The molecule has 0 aromatic heterocycles. The third-order valence-electron chi connectivity index (χ3n) is 4.15. The molecule has 2 rings (SSSR count). The van der Waals surface area contributed by atoms with Crippen LogP contribution in [0.1, 0.15) is 54.5 Å². The molecule has 0 aliphatic rings. The lowest BCUT2D eigenvalue weighted by molar-refractivity contribution is 0.460. The van der Waals surface area contributed by atoms with Crippen molar-refractivity contribution < 1.29 is 10.2 Å². The number of aryl methyl sites for hydroxylation is 4. The van der Waals surface area contributed by atoms with Crippen molar-refractivity contribution in [2.24, 2.45) is 0 Å². The van der Waals surface area contributed by atoms with Crippen molar-refractivity contribution in [2.75, 3.05) is 0 Å². The number of hydrogen-bond donors (Lipinski definition) is 2. The van der Waals surface area contributed by atoms with Crippen LogP contribution in [0.15, 0.2) is 30.3 Å². The van der Waals surface area contributed by atoms with Gasteiger partial charge in [-0.25, -0.2) is 0 Å². The minimum Gasteiger partial charge on any atom is -0.507 e. The molecule has 0 radical (unpaired) electrons. The minimum atomic E-state index is 0.431. The molecule has 0 heterocycles. The lowest BCUT2D eigenvalue weighted by Gasteiger charge is -2.07. The van der Waals surface area contributed by atoms with Crippen LogP contribution in [-0.4, -0.2) is 10.2 Å². The largest absolute Gasteiger partial charge is 0.507 e. The van der Waals surface area contributed by atoms with Gasteiger partial charge in [-0.2, -0.15) is 0 Å². The van der Waals surface area contributed by atoms with Crippen LogP contribution >= 0.6 is 0 Å². The molecule has 126 valence electrons. The zero-order valence-electron chi connectivity index (χ0n) is 15.1. The summed E-state index contributed by atoms with van der Waals surface area (Å²) in [5.74, 6) is 0.950. The van der Waals surface area contributed by atoms with E-state index in [1.807, 2.05) is 51.1 Å². The number of phenols is 2. The molecule has 0 saturated carbocycles. The lowest BCUT2D eigenvalue weighted by Crippen LogP contribution is -1.90. The molecule has 0 aliphatic carbocycles. The Kier molecular flexibility index (Phi) is 7.67. The topological polar surface area (TPSA) is 40.5 Å². The highest BCUT2D eigenvalue weighted by atomic mass is 16.3. The van der Waals surface area contributed by atoms with E-state index in [2.05, 4.69) is 13.8 Å². The Labute approximate surface area is 140 Å². The Hall–Kier alpha value is -1.96. The third-order valence-corrected chi connectivity index (χ3v) is 4.15. The van der Waals surface area contributed by atoms with Crippen LogP contribution in [0.2, 0.25) is 0 Å². The number of aromatic hydroxyl groups is 2. The summed E-state index contributed by atoms with van der Waals surface area (Å²) in [6, 6.07) is 10.0. The molecule has 0 amide bonds. The van der Waals surface area contributed by atoms with Gasteiger partial charge in [-0.3, -0.25) is 0 Å². The van der Waals surface area contributed by atoms with Crippen LogP contribution in [0, 0.1) is 20.8 Å². The Morgan fingerprint density at radius 1 is 0.696 bits per heavy atom. The molecular weight excluding hydrogens is 284 g/mol. The van der Waals surface area contributed by atoms with E-state index in [0.717, 1.165) is 53.5 Å². The van der Waals surface area contributed by atoms with Gasteiger partial charge in [0.25, 0.3) is 0 Å². The Morgan fingerprint density at radius 3 is 1.61 bits per heavy atom. The van der Waals surface area contributed by atoms with E-state index in [0.29, 0.717) is 11.5 Å². The highest BCUT2D eigenvalue weighted by molar-refractivity contribution is 5.43. The van der Waals surface area contributed by atoms with E-state index in [9.17, 15) is 10.2 Å². The van der Waals surface area contributed by atoms with Crippen LogP contribution in [-0.2, 0) is 12.8 Å². The van der Waals surface area contributed by atoms with Gasteiger partial charge >= 0.3 is 0 Å². The van der Waals surface area contributed by atoms with Crippen molar-refractivity contribution in [1.29, 1.82) is 0 Å². The van der Waals surface area contributed by atoms with E-state index in [1.54, 1.807) is 0 Å². The molecule has 0 bridgehead atoms. The molecule has 2 aromatic rings. The first-order valence-electron chi connectivity index (χ1n) is 8.47. The quantitative estimate of drug-likeness (QED) is 0.769. The lowest BCUT2D eigenvalue weighted by atomic mass is 10.0. The van der Waals surface area contributed by atoms with E-state index < -0.39 is 0 Å². The Bertz CT molecular complexity index is 579. The molecule has 0 saturated heterocycles. The van der Waals surface area contributed by atoms with Gasteiger partial charge in [0.15, 0.2) is 0 Å². The monoisotopic (exact) mass is 314 g/mol. The van der Waals surface area contributed by atoms with Crippen molar-refractivity contribution in [3.63, 3.8) is 0 Å². The van der Waals surface area contributed by atoms with Crippen LogP contribution in [0.4, 0.5) is 0 Å². The van der Waals surface area contributed by atoms with E-state index in [1.165, 1.54) is 0 Å². The van der Waals surface area contributed by atoms with Gasteiger partial charge in [-0.05, 0) is 61.4 Å². The summed E-state index contributed by atoms with van der Waals surface area (Å²) in [7, 11) is 0. The predicted octanol–water partition coefficient (Wildman–Crippen LogP) is 5.61. The number of rotatable bonds is 4. The SMILES string of the molecule is CCCc1cccc(CCC)c1O.Cc1ccc(C)c(O)c1C. The normalized spacial score (nSPS) is 10.1. The second-order valence-electron chi connectivity index (χ2n) is 6.10. The van der Waals surface area contributed by atoms with E-state index in [4.69, 9.17) is 0 Å². The third kappa shape index (κ3) is 5.31. The van der Waals surface area contributed by atoms with Crippen LogP contribution < -0.4 is 0 Å². The number of phenolic OH excluding ortho intramolecular Hbond substituents is 2. The summed E-state index contributed by atoms with van der Waals surface area (Å²) in [6.07, 6.45) is 4.12. The maximum absolute atomic E-state index is 9.85. The second kappa shape index (κ2) is 9.24. The molecule has 0 spiro atoms. The van der Waals surface area contributed by atoms with Crippen molar-refractivity contribution in [2.45, 2.75) is 60.3 Å². The fourth-order valence-electron chi connectivity index (χ4n) is 2.52. The van der Waals surface area contributed by atoms with Gasteiger partial charge in [-0.15, -0.1) is 0 Å². The van der Waals surface area contributed by atoms with Crippen molar-refractivity contribution in [3.8, 4) is 11.5 Å². The van der Waals surface area contributed by atoms with E-state index >= 15 is 0 Å². The fourth-order valence-corrected chi connectivity index (χ4v) is 2.52. The summed E-state index contributed by atoms with van der Waals surface area (Å²) in [5, 5.41) is 19.2. The summed E-state index contributed by atoms with van der Waals surface area (Å²) < 4.78 is 0. The van der Waals surface area contributed by atoms with Crippen molar-refractivity contribution >= 4 is 0 Å². The molecular formula is C21H30O2. The zero-order chi connectivity index (χ0) is 17.4. The van der Waals surface area contributed by atoms with Crippen molar-refractivity contribution in [3.05, 3.63) is 58.1 Å². The summed E-state index contributed by atoms with van der Waals surface area (Å²) in [4.78, 5) is 0. The van der Waals surface area contributed by atoms with Crippen LogP contribution in [0.25, 0.3) is 0 Å². The average molecular weight is 314 g/mol. The second-order valence-corrected chi connectivity index (χ2v) is 6.10. The molecule has 0 fully saturated rings. The average Bonchev–Trinajstić information content (AvgIpc) is 2.54. The van der Waals surface area contributed by atoms with Gasteiger partial charge in [-0.1, -0.05) is 57.0 Å². The standard InChI is InChI=1S/C12H18O.C9H12O/c1-3-6-10-8-5-9-11(7-4-2)12(10)13;1-6-4-5-7(2)9(10)8(6)3/h5,8-9,13H,3-4,6-7H2,1-2H3;4-5,10H,1-3H3. The van der Waals surface area contributed by atoms with Gasteiger partial charge in [0.2, 0.25) is 0 Å². The molecule has 0 aliphatic heterocycles. The predicted molar refractivity (Wildman–Crippen MR) is 98.4 cm³/mol. The number of hydrogen-bond acceptors (Lipinski definition) is 2. The maximum atomic E-state index is 9.85. The first kappa shape index (κ1) is 19.1. The van der Waals surface area contributed by atoms with Gasteiger partial charge in [0.05, 0.1) is 0 Å². The number of benzene rings is 2. The van der Waals surface area contributed by atoms with Crippen LogP contribution in [0.5, 0.6) is 11.5 Å². The highest BCUT2D eigenvalue weighted by Gasteiger charge is 2.04. The summed E-state index contributed by atoms with van der Waals surface area (Å²) >= 11 is 0. The minimum absolute atomic E-state index is 0.431. The molecule has 0 atom stereocenters.